The first-order valence-corrected chi connectivity index (χ1v) is 12.3. The molecule has 0 aliphatic heterocycles. The maximum Gasteiger partial charge on any atom is 0.407 e. The third kappa shape index (κ3) is 8.06. The predicted octanol–water partition coefficient (Wildman–Crippen LogP) is 4.71. The fraction of sp³-hybridized carbons (Fsp3) is 0.650. The van der Waals surface area contributed by atoms with Crippen LogP contribution in [0.4, 0.5) is 9.18 Å². The molecule has 0 aromatic carbocycles. The van der Waals surface area contributed by atoms with Gasteiger partial charge in [-0.05, 0) is 45.0 Å². The minimum absolute atomic E-state index is 0.00738. The molecule has 1 rings (SSSR count). The van der Waals surface area contributed by atoms with E-state index in [0.29, 0.717) is 0 Å². The molecule has 1 heterocycles. The number of aromatic nitrogens is 1. The van der Waals surface area contributed by atoms with E-state index in [1.54, 1.807) is 20.8 Å². The topological polar surface area (TPSA) is 77.5 Å². The molecule has 1 N–H and O–H groups in total. The number of ether oxygens (including phenoxy) is 1. The lowest BCUT2D eigenvalue weighted by Crippen LogP contribution is -2.48. The summed E-state index contributed by atoms with van der Waals surface area (Å²) in [5.41, 5.74) is -0.441. The monoisotopic (exact) mass is 412 g/mol. The van der Waals surface area contributed by atoms with Crippen molar-refractivity contribution < 1.29 is 23.1 Å². The lowest BCUT2D eigenvalue weighted by molar-refractivity contribution is 0.0488. The van der Waals surface area contributed by atoms with Crippen LogP contribution >= 0.6 is 0 Å². The molecule has 6 nitrogen and oxygen atoms in total. The second-order valence-electron chi connectivity index (χ2n) is 9.40. The molecule has 0 bridgehead atoms. The molecule has 0 saturated carbocycles. The second kappa shape index (κ2) is 9.13. The van der Waals surface area contributed by atoms with Crippen LogP contribution < -0.4 is 5.32 Å². The van der Waals surface area contributed by atoms with Crippen molar-refractivity contribution in [3.05, 3.63) is 29.8 Å². The Balaban J connectivity index is 2.91. The van der Waals surface area contributed by atoms with Gasteiger partial charge < -0.3 is 14.5 Å². The standard InChI is InChI=1S/C20H33FN2O4Si/c1-19(2,3)26-18(25)23-13-16(27-28(7,8)20(4,5)6)10-17(24)14-9-15(21)12-22-11-14/h9,11-12,16H,10,13H2,1-8H3,(H,23,25). The Morgan fingerprint density at radius 1 is 1.18 bits per heavy atom. The molecule has 1 aromatic heterocycles. The van der Waals surface area contributed by atoms with Gasteiger partial charge >= 0.3 is 6.09 Å². The Morgan fingerprint density at radius 3 is 2.29 bits per heavy atom. The Morgan fingerprint density at radius 2 is 1.79 bits per heavy atom. The number of ketones is 1. The number of alkyl carbamates (subject to hydrolysis) is 1. The van der Waals surface area contributed by atoms with Gasteiger partial charge in [0.1, 0.15) is 11.4 Å². The van der Waals surface area contributed by atoms with Crippen LogP contribution in [-0.4, -0.2) is 43.4 Å². The molecule has 0 radical (unpaired) electrons. The molecule has 8 heteroatoms. The van der Waals surface area contributed by atoms with Crippen LogP contribution in [0.25, 0.3) is 0 Å². The van der Waals surface area contributed by atoms with Crippen molar-refractivity contribution >= 4 is 20.2 Å². The van der Waals surface area contributed by atoms with Crippen molar-refractivity contribution in [2.24, 2.45) is 0 Å². The van der Waals surface area contributed by atoms with Crippen LogP contribution in [0.3, 0.4) is 0 Å². The summed E-state index contributed by atoms with van der Waals surface area (Å²) in [7, 11) is -2.20. The summed E-state index contributed by atoms with van der Waals surface area (Å²) in [6.45, 7) is 15.9. The van der Waals surface area contributed by atoms with Gasteiger partial charge in [0.25, 0.3) is 0 Å². The fourth-order valence-electron chi connectivity index (χ4n) is 2.15. The molecule has 28 heavy (non-hydrogen) atoms. The second-order valence-corrected chi connectivity index (χ2v) is 14.2. The number of nitrogens with zero attached hydrogens (tertiary/aromatic N) is 1. The molecule has 0 aliphatic carbocycles. The van der Waals surface area contributed by atoms with E-state index in [9.17, 15) is 14.0 Å². The van der Waals surface area contributed by atoms with Crippen LogP contribution in [0.15, 0.2) is 18.5 Å². The normalized spacial score (nSPS) is 13.8. The lowest BCUT2D eigenvalue weighted by atomic mass is 10.1. The smallest absolute Gasteiger partial charge is 0.407 e. The van der Waals surface area contributed by atoms with Gasteiger partial charge in [-0.25, -0.2) is 9.18 Å². The fourth-order valence-corrected chi connectivity index (χ4v) is 3.50. The summed E-state index contributed by atoms with van der Waals surface area (Å²) >= 11 is 0. The van der Waals surface area contributed by atoms with Crippen LogP contribution in [0, 0.1) is 5.82 Å². The van der Waals surface area contributed by atoms with Gasteiger partial charge in [0, 0.05) is 24.7 Å². The van der Waals surface area contributed by atoms with Crippen molar-refractivity contribution in [1.29, 1.82) is 0 Å². The highest BCUT2D eigenvalue weighted by atomic mass is 28.4. The van der Waals surface area contributed by atoms with Crippen molar-refractivity contribution in [2.75, 3.05) is 6.54 Å². The number of rotatable bonds is 7. The van der Waals surface area contributed by atoms with Crippen LogP contribution in [-0.2, 0) is 9.16 Å². The molecule has 1 unspecified atom stereocenters. The third-order valence-electron chi connectivity index (χ3n) is 4.58. The Kier molecular flexibility index (Phi) is 7.90. The molecule has 1 atom stereocenters. The van der Waals surface area contributed by atoms with E-state index in [-0.39, 0.29) is 29.4 Å². The highest BCUT2D eigenvalue weighted by molar-refractivity contribution is 6.74. The molecule has 0 spiro atoms. The minimum atomic E-state index is -2.20. The Bertz CT molecular complexity index is 696. The van der Waals surface area contributed by atoms with E-state index in [1.807, 2.05) is 0 Å². The summed E-state index contributed by atoms with van der Waals surface area (Å²) in [6.07, 6.45) is 1.26. The number of amides is 1. The van der Waals surface area contributed by atoms with E-state index in [0.717, 1.165) is 12.3 Å². The molecule has 0 saturated heterocycles. The SMILES string of the molecule is CC(C)(C)OC(=O)NCC(CC(=O)c1cncc(F)c1)O[Si](C)(C)C(C)(C)C. The van der Waals surface area contributed by atoms with Crippen LogP contribution in [0.2, 0.25) is 18.1 Å². The Labute approximate surface area is 168 Å². The summed E-state index contributed by atoms with van der Waals surface area (Å²) in [6, 6.07) is 1.15. The van der Waals surface area contributed by atoms with Gasteiger partial charge in [-0.1, -0.05) is 20.8 Å². The molecular weight excluding hydrogens is 379 g/mol. The quantitative estimate of drug-likeness (QED) is 0.518. The minimum Gasteiger partial charge on any atom is -0.444 e. The van der Waals surface area contributed by atoms with Crippen molar-refractivity contribution in [3.8, 4) is 0 Å². The molecule has 1 amide bonds. The largest absolute Gasteiger partial charge is 0.444 e. The first kappa shape index (κ1) is 24.2. The maximum atomic E-state index is 13.4. The number of hydrogen-bond acceptors (Lipinski definition) is 5. The van der Waals surface area contributed by atoms with Gasteiger partial charge in [-0.15, -0.1) is 0 Å². The third-order valence-corrected chi connectivity index (χ3v) is 9.12. The Hall–Kier alpha value is -1.80. The van der Waals surface area contributed by atoms with Crippen molar-refractivity contribution in [2.45, 2.75) is 77.8 Å². The van der Waals surface area contributed by atoms with E-state index < -0.39 is 31.9 Å². The number of nitrogens with one attached hydrogen (secondary N) is 1. The molecule has 0 aliphatic rings. The van der Waals surface area contributed by atoms with E-state index in [2.05, 4.69) is 44.2 Å². The number of pyridine rings is 1. The van der Waals surface area contributed by atoms with E-state index >= 15 is 0 Å². The molecule has 0 fully saturated rings. The van der Waals surface area contributed by atoms with Gasteiger partial charge in [0.2, 0.25) is 0 Å². The van der Waals surface area contributed by atoms with Gasteiger partial charge in [-0.2, -0.15) is 0 Å². The molecule has 1 aromatic rings. The van der Waals surface area contributed by atoms with Crippen LogP contribution in [0.1, 0.15) is 58.3 Å². The zero-order valence-corrected chi connectivity index (χ0v) is 19.2. The summed E-state index contributed by atoms with van der Waals surface area (Å²) < 4.78 is 25.0. The van der Waals surface area contributed by atoms with Gasteiger partial charge in [0.05, 0.1) is 12.3 Å². The summed E-state index contributed by atoms with van der Waals surface area (Å²) in [5, 5.41) is 2.61. The van der Waals surface area contributed by atoms with Gasteiger partial charge in [-0.3, -0.25) is 9.78 Å². The van der Waals surface area contributed by atoms with Gasteiger partial charge in [0.15, 0.2) is 14.1 Å². The number of halogens is 1. The first-order valence-electron chi connectivity index (χ1n) is 9.39. The molecular formula is C20H33FN2O4Si. The van der Waals surface area contributed by atoms with Crippen LogP contribution in [0.5, 0.6) is 0 Å². The highest BCUT2D eigenvalue weighted by Gasteiger charge is 2.39. The molecule has 158 valence electrons. The predicted molar refractivity (Wildman–Crippen MR) is 109 cm³/mol. The number of hydrogen-bond donors (Lipinski definition) is 1. The highest BCUT2D eigenvalue weighted by Crippen LogP contribution is 2.37. The van der Waals surface area contributed by atoms with Crippen molar-refractivity contribution in [1.82, 2.24) is 10.3 Å². The number of carbonyl (C=O) groups is 2. The maximum absolute atomic E-state index is 13.4. The first-order chi connectivity index (χ1) is 12.6. The number of Topliss-reactive ketones (excluding diaryl/α,β-unsaturated/α-hetero) is 1. The zero-order chi connectivity index (χ0) is 21.8. The average Bonchev–Trinajstić information content (AvgIpc) is 2.49. The zero-order valence-electron chi connectivity index (χ0n) is 18.2. The average molecular weight is 413 g/mol. The summed E-state index contributed by atoms with van der Waals surface area (Å²) in [4.78, 5) is 28.3. The number of carbonyl (C=O) groups excluding carboxylic acids is 2. The van der Waals surface area contributed by atoms with E-state index in [1.165, 1.54) is 6.20 Å². The summed E-state index contributed by atoms with van der Waals surface area (Å²) in [5.74, 6) is -0.860. The van der Waals surface area contributed by atoms with E-state index in [4.69, 9.17) is 9.16 Å². The lowest BCUT2D eigenvalue weighted by Gasteiger charge is -2.39. The van der Waals surface area contributed by atoms with Crippen molar-refractivity contribution in [3.63, 3.8) is 0 Å².